The van der Waals surface area contributed by atoms with E-state index in [-0.39, 0.29) is 16.3 Å². The van der Waals surface area contributed by atoms with E-state index in [4.69, 9.17) is 21.1 Å². The van der Waals surface area contributed by atoms with Crippen molar-refractivity contribution in [3.05, 3.63) is 83.4 Å². The van der Waals surface area contributed by atoms with E-state index in [1.54, 1.807) is 50.4 Å². The van der Waals surface area contributed by atoms with Crippen molar-refractivity contribution >= 4 is 33.2 Å². The van der Waals surface area contributed by atoms with Crippen LogP contribution in [0.3, 0.4) is 0 Å². The molecule has 0 aliphatic carbocycles. The second kappa shape index (κ2) is 10.6. The number of sulfonamides is 1. The van der Waals surface area contributed by atoms with Gasteiger partial charge in [-0.2, -0.15) is 0 Å². The van der Waals surface area contributed by atoms with Crippen LogP contribution in [0.5, 0.6) is 11.5 Å². The van der Waals surface area contributed by atoms with Crippen LogP contribution in [0, 0.1) is 0 Å². The van der Waals surface area contributed by atoms with Crippen molar-refractivity contribution in [2.45, 2.75) is 17.9 Å². The Morgan fingerprint density at radius 3 is 2.27 bits per heavy atom. The number of halogens is 1. The Balaban J connectivity index is 1.97. The van der Waals surface area contributed by atoms with E-state index in [9.17, 15) is 13.2 Å². The zero-order valence-corrected chi connectivity index (χ0v) is 20.1. The van der Waals surface area contributed by atoms with Crippen LogP contribution >= 0.6 is 11.6 Å². The number of hydrogen-bond acceptors (Lipinski definition) is 5. The first kappa shape index (κ1) is 24.4. The number of ether oxygens (including phenoxy) is 2. The predicted octanol–water partition coefficient (Wildman–Crippen LogP) is 4.43. The quantitative estimate of drug-likeness (QED) is 0.481. The molecular weight excluding hydrogens is 464 g/mol. The minimum atomic E-state index is -4.10. The van der Waals surface area contributed by atoms with Gasteiger partial charge in [0.25, 0.3) is 10.0 Å². The number of nitrogens with one attached hydrogen (secondary N) is 1. The van der Waals surface area contributed by atoms with E-state index in [1.165, 1.54) is 25.3 Å². The lowest BCUT2D eigenvalue weighted by molar-refractivity contribution is -0.120. The molecule has 0 fully saturated rings. The summed E-state index contributed by atoms with van der Waals surface area (Å²) in [5.74, 6) is 0.384. The molecule has 3 rings (SSSR count). The maximum atomic E-state index is 13.5. The molecule has 1 atom stereocenters. The minimum absolute atomic E-state index is 0.0394. The maximum Gasteiger partial charge on any atom is 0.264 e. The molecule has 7 nitrogen and oxygen atoms in total. The Hall–Kier alpha value is -3.23. The summed E-state index contributed by atoms with van der Waals surface area (Å²) in [6.45, 7) is 1.32. The second-order valence-electron chi connectivity index (χ2n) is 7.17. The van der Waals surface area contributed by atoms with E-state index in [2.05, 4.69) is 5.32 Å². The number of para-hydroxylation sites is 1. The Bertz CT molecular complexity index is 1220. The summed E-state index contributed by atoms with van der Waals surface area (Å²) < 4.78 is 38.8. The molecule has 9 heteroatoms. The summed E-state index contributed by atoms with van der Waals surface area (Å²) in [7, 11) is -1.13. The number of anilines is 1. The molecule has 1 amide bonds. The molecule has 0 radical (unpaired) electrons. The molecule has 0 aromatic heterocycles. The van der Waals surface area contributed by atoms with Gasteiger partial charge >= 0.3 is 0 Å². The van der Waals surface area contributed by atoms with Crippen molar-refractivity contribution < 1.29 is 22.7 Å². The first-order chi connectivity index (χ1) is 15.8. The van der Waals surface area contributed by atoms with Crippen LogP contribution in [0.2, 0.25) is 5.02 Å². The van der Waals surface area contributed by atoms with Crippen LogP contribution in [0.4, 0.5) is 5.69 Å². The molecule has 3 aromatic carbocycles. The third-order valence-electron chi connectivity index (χ3n) is 5.01. The van der Waals surface area contributed by atoms with Crippen molar-refractivity contribution in [1.29, 1.82) is 0 Å². The second-order valence-corrected chi connectivity index (χ2v) is 9.47. The summed E-state index contributed by atoms with van der Waals surface area (Å²) in [5.41, 5.74) is 0.931. The van der Waals surface area contributed by atoms with Gasteiger partial charge in [0, 0.05) is 10.6 Å². The normalized spacial score (nSPS) is 12.0. The predicted molar refractivity (Wildman–Crippen MR) is 129 cm³/mol. The molecule has 0 unspecified atom stereocenters. The highest BCUT2D eigenvalue weighted by molar-refractivity contribution is 7.92. The van der Waals surface area contributed by atoms with Crippen LogP contribution in [-0.4, -0.2) is 35.1 Å². The number of carbonyl (C=O) groups is 1. The summed E-state index contributed by atoms with van der Waals surface area (Å²) in [6, 6.07) is 19.3. The van der Waals surface area contributed by atoms with Crippen LogP contribution in [0.1, 0.15) is 18.5 Å². The largest absolute Gasteiger partial charge is 0.496 e. The first-order valence-corrected chi connectivity index (χ1v) is 11.9. The van der Waals surface area contributed by atoms with E-state index >= 15 is 0 Å². The van der Waals surface area contributed by atoms with Gasteiger partial charge in [-0.1, -0.05) is 48.0 Å². The molecule has 3 aromatic rings. The fraction of sp³-hybridized carbons (Fsp3) is 0.208. The third-order valence-corrected chi connectivity index (χ3v) is 7.02. The molecule has 33 heavy (non-hydrogen) atoms. The van der Waals surface area contributed by atoms with Crippen LogP contribution in [0.15, 0.2) is 77.7 Å². The number of rotatable bonds is 9. The van der Waals surface area contributed by atoms with Gasteiger partial charge in [-0.25, -0.2) is 8.42 Å². The van der Waals surface area contributed by atoms with E-state index in [1.807, 2.05) is 18.2 Å². The van der Waals surface area contributed by atoms with Gasteiger partial charge < -0.3 is 14.8 Å². The van der Waals surface area contributed by atoms with Gasteiger partial charge in [-0.05, 0) is 43.3 Å². The average molecular weight is 489 g/mol. The Morgan fingerprint density at radius 2 is 1.61 bits per heavy atom. The van der Waals surface area contributed by atoms with Crippen molar-refractivity contribution in [3.8, 4) is 11.5 Å². The first-order valence-electron chi connectivity index (χ1n) is 10.1. The summed E-state index contributed by atoms with van der Waals surface area (Å²) in [5, 5.41) is 3.16. The molecule has 0 heterocycles. The topological polar surface area (TPSA) is 84.9 Å². The number of nitrogens with zero attached hydrogens (tertiary/aromatic N) is 1. The van der Waals surface area contributed by atoms with E-state index in [0.717, 1.165) is 9.87 Å². The number of amides is 1. The fourth-order valence-corrected chi connectivity index (χ4v) is 5.01. The number of benzene rings is 3. The summed E-state index contributed by atoms with van der Waals surface area (Å²) in [6.07, 6.45) is 0. The molecular formula is C24H25ClN2O5S. The van der Waals surface area contributed by atoms with Crippen LogP contribution in [0.25, 0.3) is 0 Å². The van der Waals surface area contributed by atoms with E-state index in [0.29, 0.717) is 10.8 Å². The van der Waals surface area contributed by atoms with Crippen molar-refractivity contribution in [2.24, 2.45) is 0 Å². The van der Waals surface area contributed by atoms with Crippen molar-refractivity contribution in [1.82, 2.24) is 5.32 Å². The highest BCUT2D eigenvalue weighted by Gasteiger charge is 2.30. The smallest absolute Gasteiger partial charge is 0.264 e. The summed E-state index contributed by atoms with van der Waals surface area (Å²) >= 11 is 6.16. The molecule has 0 aliphatic rings. The SMILES string of the molecule is COc1ccccc1[C@H](C)NC(=O)CN(c1cc(Cl)ccc1OC)S(=O)(=O)c1ccccc1. The molecule has 174 valence electrons. The Kier molecular flexibility index (Phi) is 7.84. The van der Waals surface area contributed by atoms with Crippen molar-refractivity contribution in [2.75, 3.05) is 25.1 Å². The van der Waals surface area contributed by atoms with Crippen molar-refractivity contribution in [3.63, 3.8) is 0 Å². The maximum absolute atomic E-state index is 13.5. The Morgan fingerprint density at radius 1 is 0.970 bits per heavy atom. The molecule has 1 N–H and O–H groups in total. The van der Waals surface area contributed by atoms with Gasteiger partial charge in [0.15, 0.2) is 0 Å². The number of carbonyl (C=O) groups excluding carboxylic acids is 1. The van der Waals surface area contributed by atoms with E-state index < -0.39 is 28.5 Å². The summed E-state index contributed by atoms with van der Waals surface area (Å²) in [4.78, 5) is 13.1. The number of methoxy groups -OCH3 is 2. The van der Waals surface area contributed by atoms with Crippen LogP contribution < -0.4 is 19.1 Å². The average Bonchev–Trinajstić information content (AvgIpc) is 2.82. The Labute approximate surface area is 198 Å². The molecule has 0 spiro atoms. The highest BCUT2D eigenvalue weighted by atomic mass is 35.5. The number of hydrogen-bond donors (Lipinski definition) is 1. The lowest BCUT2D eigenvalue weighted by atomic mass is 10.1. The van der Waals surface area contributed by atoms with Gasteiger partial charge in [-0.3, -0.25) is 9.10 Å². The van der Waals surface area contributed by atoms with Gasteiger partial charge in [0.1, 0.15) is 18.0 Å². The fourth-order valence-electron chi connectivity index (χ4n) is 3.40. The monoisotopic (exact) mass is 488 g/mol. The van der Waals surface area contributed by atoms with Crippen LogP contribution in [-0.2, 0) is 14.8 Å². The lowest BCUT2D eigenvalue weighted by Gasteiger charge is -2.26. The zero-order valence-electron chi connectivity index (χ0n) is 18.5. The molecule has 0 saturated heterocycles. The van der Waals surface area contributed by atoms with Gasteiger partial charge in [0.05, 0.1) is 30.8 Å². The zero-order chi connectivity index (χ0) is 24.0. The molecule has 0 aliphatic heterocycles. The van der Waals surface area contributed by atoms with Gasteiger partial charge in [0.2, 0.25) is 5.91 Å². The molecule has 0 saturated carbocycles. The minimum Gasteiger partial charge on any atom is -0.496 e. The standard InChI is InChI=1S/C24H25ClN2O5S/c1-17(20-11-7-8-12-22(20)31-2)26-24(28)16-27(21-15-18(25)13-14-23(21)32-3)33(29,30)19-9-5-4-6-10-19/h4-15,17H,16H2,1-3H3,(H,26,28)/t17-/m0/s1. The van der Waals surface area contributed by atoms with Gasteiger partial charge in [-0.15, -0.1) is 0 Å². The highest BCUT2D eigenvalue weighted by Crippen LogP contribution is 2.35. The lowest BCUT2D eigenvalue weighted by Crippen LogP contribution is -2.41. The third kappa shape index (κ3) is 5.58. The molecule has 0 bridgehead atoms.